The molecule has 1 nitrogen and oxygen atoms in total. The first-order valence-corrected chi connectivity index (χ1v) is 5.03. The van der Waals surface area contributed by atoms with E-state index in [1.165, 1.54) is 5.56 Å². The van der Waals surface area contributed by atoms with Crippen LogP contribution in [0, 0.1) is 0 Å². The molecule has 0 aliphatic rings. The lowest BCUT2D eigenvalue weighted by Crippen LogP contribution is -1.73. The Balaban J connectivity index is 2.91. The molecule has 0 unspecified atom stereocenters. The van der Waals surface area contributed by atoms with Crippen molar-refractivity contribution in [1.82, 2.24) is 0 Å². The van der Waals surface area contributed by atoms with E-state index in [1.54, 1.807) is 0 Å². The highest BCUT2D eigenvalue weighted by Crippen LogP contribution is 2.13. The normalized spacial score (nSPS) is 8.82. The number of rotatable bonds is 2. The largest absolute Gasteiger partial charge is 0.195 e. The van der Waals surface area contributed by atoms with Crippen LogP contribution in [0.5, 0.6) is 0 Å². The van der Waals surface area contributed by atoms with Crippen molar-refractivity contribution in [3.63, 3.8) is 0 Å². The van der Waals surface area contributed by atoms with E-state index in [1.807, 2.05) is 24.3 Å². The van der Waals surface area contributed by atoms with Crippen LogP contribution in [0.25, 0.3) is 0 Å². The third-order valence-corrected chi connectivity index (χ3v) is 2.24. The molecule has 1 aromatic rings. The molecule has 3 heteroatoms. The Labute approximate surface area is 84.7 Å². The summed E-state index contributed by atoms with van der Waals surface area (Å²) in [6, 6.07) is 7.95. The van der Waals surface area contributed by atoms with Crippen molar-refractivity contribution in [1.29, 1.82) is 0 Å². The maximum atomic E-state index is 4.48. The Morgan fingerprint density at radius 2 is 2.00 bits per heavy atom. The zero-order chi connectivity index (χ0) is 8.10. The van der Waals surface area contributed by atoms with Gasteiger partial charge in [0.1, 0.15) is 0 Å². The van der Waals surface area contributed by atoms with Crippen molar-refractivity contribution in [2.24, 2.45) is 4.99 Å². The number of isothiocyanates is 1. The van der Waals surface area contributed by atoms with Crippen molar-refractivity contribution in [3.05, 3.63) is 29.8 Å². The molecule has 0 atom stereocenters. The summed E-state index contributed by atoms with van der Waals surface area (Å²) < 4.78 is 1.03. The molecule has 0 spiro atoms. The van der Waals surface area contributed by atoms with Crippen molar-refractivity contribution in [3.8, 4) is 0 Å². The lowest BCUT2D eigenvalue weighted by molar-refractivity contribution is 1.43. The molecule has 0 N–H and O–H groups in total. The Morgan fingerprint density at radius 1 is 1.36 bits per heavy atom. The topological polar surface area (TPSA) is 12.4 Å². The summed E-state index contributed by atoms with van der Waals surface area (Å²) in [6.07, 6.45) is 0. The fraction of sp³-hybridized carbons (Fsp3) is 0.125. The van der Waals surface area contributed by atoms with E-state index in [-0.39, 0.29) is 0 Å². The van der Waals surface area contributed by atoms with Gasteiger partial charge < -0.3 is 0 Å². The number of alkyl halides is 1. The van der Waals surface area contributed by atoms with Crippen molar-refractivity contribution in [2.45, 2.75) is 4.43 Å². The Hall–Kier alpha value is -0.250. The minimum atomic E-state index is 0.869. The predicted molar refractivity (Wildman–Crippen MR) is 58.9 cm³/mol. The van der Waals surface area contributed by atoms with E-state index >= 15 is 0 Å². The van der Waals surface area contributed by atoms with E-state index in [2.05, 4.69) is 45.0 Å². The van der Waals surface area contributed by atoms with Gasteiger partial charge in [-0.2, -0.15) is 4.99 Å². The van der Waals surface area contributed by atoms with Crippen LogP contribution in [0.1, 0.15) is 5.56 Å². The van der Waals surface area contributed by atoms with E-state index in [0.717, 1.165) is 10.1 Å². The van der Waals surface area contributed by atoms with Gasteiger partial charge in [0.25, 0.3) is 0 Å². The summed E-state index contributed by atoms with van der Waals surface area (Å²) in [5, 5.41) is 2.33. The number of hydrogen-bond acceptors (Lipinski definition) is 2. The molecule has 0 aromatic heterocycles. The molecule has 0 aliphatic heterocycles. The molecule has 0 saturated carbocycles. The van der Waals surface area contributed by atoms with E-state index in [9.17, 15) is 0 Å². The van der Waals surface area contributed by atoms with Gasteiger partial charge in [0.15, 0.2) is 0 Å². The second kappa shape index (κ2) is 4.59. The molecular weight excluding hydrogens is 269 g/mol. The summed E-state index contributed by atoms with van der Waals surface area (Å²) in [5.41, 5.74) is 2.17. The monoisotopic (exact) mass is 275 g/mol. The van der Waals surface area contributed by atoms with Gasteiger partial charge in [-0.1, -0.05) is 34.7 Å². The van der Waals surface area contributed by atoms with Crippen LogP contribution >= 0.6 is 34.8 Å². The van der Waals surface area contributed by atoms with Crippen LogP contribution in [0.15, 0.2) is 29.3 Å². The average molecular weight is 275 g/mol. The number of thiocarbonyl (C=S) groups is 1. The molecule has 11 heavy (non-hydrogen) atoms. The molecule has 0 bridgehead atoms. The summed E-state index contributed by atoms with van der Waals surface area (Å²) in [7, 11) is 0. The van der Waals surface area contributed by atoms with Crippen LogP contribution in [0.4, 0.5) is 5.69 Å². The minimum absolute atomic E-state index is 0.869. The molecule has 0 amide bonds. The van der Waals surface area contributed by atoms with Crippen LogP contribution in [-0.2, 0) is 4.43 Å². The number of aliphatic imine (C=N–C) groups is 1. The zero-order valence-electron chi connectivity index (χ0n) is 5.75. The molecular formula is C8H6INS. The second-order valence-electron chi connectivity index (χ2n) is 2.00. The highest BCUT2D eigenvalue weighted by atomic mass is 127. The molecule has 0 aliphatic carbocycles. The summed E-state index contributed by atoms with van der Waals surface area (Å²) in [4.78, 5) is 3.84. The van der Waals surface area contributed by atoms with Crippen LogP contribution in [0.2, 0.25) is 0 Å². The summed E-state index contributed by atoms with van der Waals surface area (Å²) >= 11 is 6.80. The number of benzene rings is 1. The quantitative estimate of drug-likeness (QED) is 0.349. The maximum Gasteiger partial charge on any atom is 0.0739 e. The number of nitrogens with zero attached hydrogens (tertiary/aromatic N) is 1. The van der Waals surface area contributed by atoms with Crippen LogP contribution in [-0.4, -0.2) is 5.16 Å². The lowest BCUT2D eigenvalue weighted by Gasteiger charge is -1.93. The Kier molecular flexibility index (Phi) is 3.69. The van der Waals surface area contributed by atoms with Gasteiger partial charge in [-0.15, -0.1) is 0 Å². The lowest BCUT2D eigenvalue weighted by atomic mass is 10.2. The van der Waals surface area contributed by atoms with Crippen LogP contribution in [0.3, 0.4) is 0 Å². The summed E-state index contributed by atoms with van der Waals surface area (Å²) in [5.74, 6) is 0. The van der Waals surface area contributed by atoms with E-state index in [0.29, 0.717) is 0 Å². The molecule has 0 heterocycles. The SMILES string of the molecule is S=C=Nc1ccc(CI)cc1. The highest BCUT2D eigenvalue weighted by molar-refractivity contribution is 14.1. The van der Waals surface area contributed by atoms with Gasteiger partial charge in [-0.25, -0.2) is 0 Å². The first-order valence-electron chi connectivity index (χ1n) is 3.09. The average Bonchev–Trinajstić information content (AvgIpc) is 2.07. The van der Waals surface area contributed by atoms with Crippen LogP contribution < -0.4 is 0 Å². The Morgan fingerprint density at radius 3 is 2.45 bits per heavy atom. The third-order valence-electron chi connectivity index (χ3n) is 1.27. The minimum Gasteiger partial charge on any atom is -0.195 e. The Bertz CT molecular complexity index is 275. The zero-order valence-corrected chi connectivity index (χ0v) is 8.72. The molecule has 56 valence electrons. The molecule has 1 aromatic carbocycles. The summed E-state index contributed by atoms with van der Waals surface area (Å²) in [6.45, 7) is 0. The van der Waals surface area contributed by atoms with Crippen molar-refractivity contribution >= 4 is 45.7 Å². The first kappa shape index (κ1) is 8.84. The molecule has 0 fully saturated rings. The van der Waals surface area contributed by atoms with E-state index < -0.39 is 0 Å². The van der Waals surface area contributed by atoms with Gasteiger partial charge in [-0.05, 0) is 29.9 Å². The molecule has 0 radical (unpaired) electrons. The second-order valence-corrected chi connectivity index (χ2v) is 2.95. The molecule has 1 rings (SSSR count). The van der Waals surface area contributed by atoms with Gasteiger partial charge in [0, 0.05) is 4.43 Å². The van der Waals surface area contributed by atoms with E-state index in [4.69, 9.17) is 0 Å². The fourth-order valence-electron chi connectivity index (χ4n) is 0.712. The van der Waals surface area contributed by atoms with Crippen molar-refractivity contribution < 1.29 is 0 Å². The third kappa shape index (κ3) is 2.69. The number of halogens is 1. The van der Waals surface area contributed by atoms with Crippen molar-refractivity contribution in [2.75, 3.05) is 0 Å². The maximum absolute atomic E-state index is 4.48. The van der Waals surface area contributed by atoms with Gasteiger partial charge >= 0.3 is 0 Å². The fourth-order valence-corrected chi connectivity index (χ4v) is 1.33. The molecule has 0 saturated heterocycles. The number of hydrogen-bond donors (Lipinski definition) is 0. The smallest absolute Gasteiger partial charge is 0.0739 e. The van der Waals surface area contributed by atoms with Gasteiger partial charge in [0.2, 0.25) is 0 Å². The predicted octanol–water partition coefficient (Wildman–Crippen LogP) is 3.36. The van der Waals surface area contributed by atoms with Gasteiger partial charge in [0.05, 0.1) is 10.8 Å². The first-order chi connectivity index (χ1) is 5.36. The standard InChI is InChI=1S/C8H6INS/c9-5-7-1-3-8(4-2-7)10-6-11/h1-4H,5H2. The highest BCUT2D eigenvalue weighted by Gasteiger charge is 1.89. The van der Waals surface area contributed by atoms with Gasteiger partial charge in [-0.3, -0.25) is 0 Å².